The predicted molar refractivity (Wildman–Crippen MR) is 164 cm³/mol. The van der Waals surface area contributed by atoms with E-state index in [0.29, 0.717) is 6.07 Å². The fraction of sp³-hybridized carbons (Fsp3) is 0.414. The van der Waals surface area contributed by atoms with Gasteiger partial charge in [0.05, 0.1) is 38.8 Å². The number of amidine groups is 1. The van der Waals surface area contributed by atoms with E-state index in [1.807, 2.05) is 0 Å². The van der Waals surface area contributed by atoms with Crippen LogP contribution in [-0.2, 0) is 20.5 Å². The second-order valence-corrected chi connectivity index (χ2v) is 12.7. The number of methoxy groups -OCH3 is 1. The molecule has 2 amide bonds. The molecule has 6 nitrogen and oxygen atoms in total. The van der Waals surface area contributed by atoms with Crippen LogP contribution in [0.5, 0.6) is 0 Å². The van der Waals surface area contributed by atoms with Gasteiger partial charge in [0.15, 0.2) is 0 Å². The van der Waals surface area contributed by atoms with Gasteiger partial charge in [0.1, 0.15) is 25.3 Å². The molecule has 0 bridgehead atoms. The van der Waals surface area contributed by atoms with E-state index < -0.39 is 75.3 Å². The number of benzene rings is 2. The number of hydrogen-bond acceptors (Lipinski definition) is 5. The Kier molecular flexibility index (Phi) is 9.29. The Bertz CT molecular complexity index is 1640. The van der Waals surface area contributed by atoms with Crippen molar-refractivity contribution in [2.24, 2.45) is 10.9 Å². The Labute approximate surface area is 270 Å². The first-order valence-electron chi connectivity index (χ1n) is 13.8. The number of amides is 2. The molecule has 2 aromatic rings. The fourth-order valence-corrected chi connectivity index (χ4v) is 7.95. The minimum absolute atomic E-state index is 0.00604. The lowest BCUT2D eigenvalue weighted by atomic mass is 9.69. The molecule has 5 rings (SSSR count). The van der Waals surface area contributed by atoms with E-state index in [2.05, 4.69) is 4.99 Å². The molecule has 1 saturated heterocycles. The number of hydrogen-bond donors (Lipinski definition) is 0. The summed E-state index contributed by atoms with van der Waals surface area (Å²) in [5, 5.41) is -0.900. The van der Waals surface area contributed by atoms with Gasteiger partial charge in [-0.2, -0.15) is 23.5 Å². The maximum atomic E-state index is 15.2. The molecule has 6 radical (unpaired) electrons. The highest BCUT2D eigenvalue weighted by molar-refractivity contribution is 7.99. The molecule has 0 aliphatic carbocycles. The van der Waals surface area contributed by atoms with Gasteiger partial charge in [0.25, 0.3) is 5.91 Å². The maximum absolute atomic E-state index is 15.2. The van der Waals surface area contributed by atoms with Crippen LogP contribution in [0.1, 0.15) is 36.5 Å². The van der Waals surface area contributed by atoms with E-state index in [4.69, 9.17) is 39.9 Å². The van der Waals surface area contributed by atoms with E-state index in [1.165, 1.54) is 12.0 Å². The highest BCUT2D eigenvalue weighted by Crippen LogP contribution is 2.54. The summed E-state index contributed by atoms with van der Waals surface area (Å²) in [5.74, 6) is -4.80. The summed E-state index contributed by atoms with van der Waals surface area (Å²) in [6.07, 6.45) is -4.99. The molecule has 16 heteroatoms. The Morgan fingerprint density at radius 2 is 1.73 bits per heavy atom. The molecule has 1 unspecified atom stereocenters. The first-order chi connectivity index (χ1) is 21.1. The van der Waals surface area contributed by atoms with E-state index in [0.717, 1.165) is 23.9 Å². The van der Waals surface area contributed by atoms with Gasteiger partial charge < -0.3 is 14.5 Å². The van der Waals surface area contributed by atoms with Gasteiger partial charge in [-0.05, 0) is 31.5 Å². The summed E-state index contributed by atoms with van der Waals surface area (Å²) in [4.78, 5) is 34.2. The van der Waals surface area contributed by atoms with Gasteiger partial charge in [0.2, 0.25) is 5.91 Å². The summed E-state index contributed by atoms with van der Waals surface area (Å²) in [6, 6.07) is 1.03. The zero-order chi connectivity index (χ0) is 33.1. The van der Waals surface area contributed by atoms with Gasteiger partial charge in [-0.15, -0.1) is 11.8 Å². The second kappa shape index (κ2) is 12.4. The minimum atomic E-state index is -4.99. The van der Waals surface area contributed by atoms with Crippen LogP contribution in [0.15, 0.2) is 38.9 Å². The SMILES string of the molecule is [B]C([B])=C([B])C(=O)N1[C@H](C)CN(C2=NC(=O)C3c4c2cc(C(F)(F)F)c(-c2cc(Cl)c(F)cc2F)c4SC[C@@H]3COC)C[C@@H]1C. The topological polar surface area (TPSA) is 62.2 Å². The Hall–Kier alpha value is -2.77. The van der Waals surface area contributed by atoms with Crippen molar-refractivity contribution in [2.75, 3.05) is 32.6 Å². The fourth-order valence-electron chi connectivity index (χ4n) is 6.36. The van der Waals surface area contributed by atoms with Crippen molar-refractivity contribution in [3.63, 3.8) is 0 Å². The third kappa shape index (κ3) is 5.96. The lowest BCUT2D eigenvalue weighted by molar-refractivity contribution is -0.137. The molecule has 1 fully saturated rings. The average molecular weight is 657 g/mol. The van der Waals surface area contributed by atoms with Crippen molar-refractivity contribution in [3.05, 3.63) is 62.4 Å². The first-order valence-corrected chi connectivity index (χ1v) is 15.2. The number of carbonyl (C=O) groups is 2. The summed E-state index contributed by atoms with van der Waals surface area (Å²) >= 11 is 6.95. The highest BCUT2D eigenvalue weighted by Gasteiger charge is 2.47. The van der Waals surface area contributed by atoms with Crippen LogP contribution in [0, 0.1) is 17.6 Å². The van der Waals surface area contributed by atoms with Crippen LogP contribution in [0.4, 0.5) is 22.0 Å². The second-order valence-electron chi connectivity index (χ2n) is 11.3. The number of halogens is 6. The summed E-state index contributed by atoms with van der Waals surface area (Å²) in [5.41, 5.74) is -2.28. The molecular weight excluding hydrogens is 633 g/mol. The van der Waals surface area contributed by atoms with Crippen molar-refractivity contribution in [2.45, 2.75) is 42.9 Å². The van der Waals surface area contributed by atoms with Crippen molar-refractivity contribution >= 4 is 64.6 Å². The monoisotopic (exact) mass is 657 g/mol. The number of ether oxygens (including phenoxy) is 1. The molecule has 45 heavy (non-hydrogen) atoms. The Balaban J connectivity index is 1.71. The number of aliphatic imine (C=N–C) groups is 1. The Morgan fingerprint density at radius 1 is 1.09 bits per heavy atom. The molecule has 0 spiro atoms. The zero-order valence-electron chi connectivity index (χ0n) is 24.3. The van der Waals surface area contributed by atoms with Gasteiger partial charge >= 0.3 is 6.18 Å². The molecule has 0 N–H and O–H groups in total. The van der Waals surface area contributed by atoms with Crippen molar-refractivity contribution in [1.82, 2.24) is 9.80 Å². The van der Waals surface area contributed by atoms with Crippen molar-refractivity contribution in [1.29, 1.82) is 0 Å². The molecule has 4 atom stereocenters. The van der Waals surface area contributed by atoms with E-state index in [9.17, 15) is 27.2 Å². The largest absolute Gasteiger partial charge is 0.417 e. The summed E-state index contributed by atoms with van der Waals surface area (Å²) < 4.78 is 79.1. The number of carbonyl (C=O) groups excluding carboxylic acids is 2. The molecule has 3 aliphatic heterocycles. The van der Waals surface area contributed by atoms with Crippen molar-refractivity contribution in [3.8, 4) is 11.1 Å². The van der Waals surface area contributed by atoms with Crippen LogP contribution in [0.2, 0.25) is 5.02 Å². The smallest absolute Gasteiger partial charge is 0.384 e. The number of nitrogens with zero attached hydrogens (tertiary/aromatic N) is 3. The molecule has 230 valence electrons. The Morgan fingerprint density at radius 3 is 2.31 bits per heavy atom. The lowest BCUT2D eigenvalue weighted by Gasteiger charge is -2.47. The molecule has 3 aliphatic rings. The zero-order valence-corrected chi connectivity index (χ0v) is 25.9. The number of rotatable bonds is 4. The number of piperazine rings is 1. The third-order valence-corrected chi connectivity index (χ3v) is 9.82. The molecule has 0 aromatic heterocycles. The van der Waals surface area contributed by atoms with Gasteiger partial charge in [0, 0.05) is 71.6 Å². The number of alkyl halides is 3. The van der Waals surface area contributed by atoms with Crippen LogP contribution in [0.25, 0.3) is 11.1 Å². The summed E-state index contributed by atoms with van der Waals surface area (Å²) in [7, 11) is 18.3. The quantitative estimate of drug-likeness (QED) is 0.208. The predicted octanol–water partition coefficient (Wildman–Crippen LogP) is 4.64. The van der Waals surface area contributed by atoms with Crippen LogP contribution < -0.4 is 0 Å². The van der Waals surface area contributed by atoms with Crippen LogP contribution in [0.3, 0.4) is 0 Å². The van der Waals surface area contributed by atoms with Gasteiger partial charge in [-0.25, -0.2) is 8.78 Å². The lowest BCUT2D eigenvalue weighted by Crippen LogP contribution is -2.60. The highest BCUT2D eigenvalue weighted by atomic mass is 35.5. The minimum Gasteiger partial charge on any atom is -0.384 e. The van der Waals surface area contributed by atoms with E-state index in [-0.39, 0.29) is 58.2 Å². The van der Waals surface area contributed by atoms with Gasteiger partial charge in [-0.3, -0.25) is 9.59 Å². The maximum Gasteiger partial charge on any atom is 0.417 e. The van der Waals surface area contributed by atoms with E-state index in [1.54, 1.807) is 18.7 Å². The molecular formula is C29H24B3ClF5N3O3S. The normalized spacial score (nSPS) is 23.0. The molecule has 2 aromatic carbocycles. The first kappa shape index (κ1) is 33.6. The van der Waals surface area contributed by atoms with Crippen molar-refractivity contribution < 1.29 is 36.3 Å². The van der Waals surface area contributed by atoms with Gasteiger partial charge in [-0.1, -0.05) is 17.1 Å². The standard InChI is InChI=1S/C29H24B3ClF5N3O3S/c1-11-7-40(8-12(2)41(11)28(43)23(30)25(31)32)26-15-4-16(29(36,37)38)21(14-5-17(33)19(35)6-18(14)34)24-22(15)20(27(42)39-26)13(9-44-3)10-45-24/h4-6,11-13,20H,7-10H2,1-3H3/t11-,12+,13-,20?/m0/s1. The van der Waals surface area contributed by atoms with Crippen LogP contribution >= 0.6 is 23.4 Å². The third-order valence-electron chi connectivity index (χ3n) is 8.23. The van der Waals surface area contributed by atoms with Crippen LogP contribution in [-0.4, -0.2) is 95.6 Å². The van der Waals surface area contributed by atoms with E-state index >= 15 is 4.39 Å². The summed E-state index contributed by atoms with van der Waals surface area (Å²) in [6.45, 7) is 3.70. The molecule has 0 saturated carbocycles. The average Bonchev–Trinajstić information content (AvgIpc) is 2.95. The molecule has 3 heterocycles. The number of thioether (sulfide) groups is 1.